The Balaban J connectivity index is 1.34. The van der Waals surface area contributed by atoms with Gasteiger partial charge < -0.3 is 24.5 Å². The summed E-state index contributed by atoms with van der Waals surface area (Å²) in [6, 6.07) is 15.6. The van der Waals surface area contributed by atoms with Crippen molar-refractivity contribution in [3.63, 3.8) is 0 Å². The van der Waals surface area contributed by atoms with Gasteiger partial charge in [-0.3, -0.25) is 14.4 Å². The van der Waals surface area contributed by atoms with E-state index in [0.29, 0.717) is 58.9 Å². The van der Waals surface area contributed by atoms with Crippen molar-refractivity contribution in [1.29, 1.82) is 0 Å². The van der Waals surface area contributed by atoms with Crippen LogP contribution in [0.3, 0.4) is 0 Å². The molecule has 1 aliphatic rings. The summed E-state index contributed by atoms with van der Waals surface area (Å²) in [5.41, 5.74) is 2.94. The normalized spacial score (nSPS) is 12.6. The van der Waals surface area contributed by atoms with Gasteiger partial charge in [0.25, 0.3) is 11.8 Å². The number of aromatic carboxylic acids is 1. The SMILES string of the molecule is CNC(=O)c1c(-c2ccc(F)cc2)oc2cc(N(CCCCCCOc3ccc(C(=O)O)cc3)C(=O)C(C)=O)c(C3CC3)cc12. The van der Waals surface area contributed by atoms with Crippen LogP contribution in [-0.2, 0) is 9.59 Å². The number of benzene rings is 3. The number of anilines is 1. The number of rotatable bonds is 14. The van der Waals surface area contributed by atoms with Crippen LogP contribution < -0.4 is 15.0 Å². The highest BCUT2D eigenvalue weighted by Gasteiger charge is 2.33. The predicted octanol–water partition coefficient (Wildman–Crippen LogP) is 6.74. The van der Waals surface area contributed by atoms with E-state index in [0.717, 1.165) is 37.7 Å². The predicted molar refractivity (Wildman–Crippen MR) is 167 cm³/mol. The highest BCUT2D eigenvalue weighted by atomic mass is 19.1. The van der Waals surface area contributed by atoms with Crippen molar-refractivity contribution in [2.75, 3.05) is 25.1 Å². The lowest BCUT2D eigenvalue weighted by atomic mass is 9.99. The summed E-state index contributed by atoms with van der Waals surface area (Å²) >= 11 is 0. The number of furan rings is 1. The van der Waals surface area contributed by atoms with E-state index in [9.17, 15) is 23.6 Å². The van der Waals surface area contributed by atoms with E-state index < -0.39 is 23.5 Å². The average molecular weight is 615 g/mol. The third kappa shape index (κ3) is 7.22. The number of carbonyl (C=O) groups excluding carboxylic acids is 3. The molecule has 0 radical (unpaired) electrons. The first-order valence-electron chi connectivity index (χ1n) is 15.0. The zero-order chi connectivity index (χ0) is 32.1. The molecule has 5 rings (SSSR count). The van der Waals surface area contributed by atoms with E-state index in [2.05, 4.69) is 5.32 Å². The van der Waals surface area contributed by atoms with Gasteiger partial charge in [-0.15, -0.1) is 0 Å². The highest BCUT2D eigenvalue weighted by Crippen LogP contribution is 2.47. The Kier molecular flexibility index (Phi) is 9.61. The van der Waals surface area contributed by atoms with Gasteiger partial charge in [0.05, 0.1) is 23.4 Å². The molecule has 0 aliphatic heterocycles. The van der Waals surface area contributed by atoms with Gasteiger partial charge in [-0.2, -0.15) is 0 Å². The third-order valence-electron chi connectivity index (χ3n) is 7.90. The van der Waals surface area contributed by atoms with E-state index in [-0.39, 0.29) is 17.4 Å². The maximum atomic E-state index is 13.7. The zero-order valence-corrected chi connectivity index (χ0v) is 25.2. The topological polar surface area (TPSA) is 126 Å². The molecule has 1 heterocycles. The highest BCUT2D eigenvalue weighted by molar-refractivity contribution is 6.40. The van der Waals surface area contributed by atoms with E-state index >= 15 is 0 Å². The quantitative estimate of drug-likeness (QED) is 0.119. The largest absolute Gasteiger partial charge is 0.494 e. The minimum absolute atomic E-state index is 0.190. The summed E-state index contributed by atoms with van der Waals surface area (Å²) in [5.74, 6) is -1.84. The van der Waals surface area contributed by atoms with Gasteiger partial charge in [-0.25, -0.2) is 9.18 Å². The smallest absolute Gasteiger partial charge is 0.335 e. The lowest BCUT2D eigenvalue weighted by molar-refractivity contribution is -0.135. The fourth-order valence-electron chi connectivity index (χ4n) is 5.39. The summed E-state index contributed by atoms with van der Waals surface area (Å²) in [4.78, 5) is 51.1. The van der Waals surface area contributed by atoms with E-state index in [1.54, 1.807) is 30.3 Å². The molecule has 9 nitrogen and oxygen atoms in total. The van der Waals surface area contributed by atoms with Crippen molar-refractivity contribution in [1.82, 2.24) is 5.32 Å². The van der Waals surface area contributed by atoms with Crippen LogP contribution in [-0.4, -0.2) is 48.9 Å². The summed E-state index contributed by atoms with van der Waals surface area (Å²) < 4.78 is 25.6. The monoisotopic (exact) mass is 614 g/mol. The van der Waals surface area contributed by atoms with Gasteiger partial charge >= 0.3 is 5.97 Å². The number of hydrogen-bond donors (Lipinski definition) is 2. The Bertz CT molecular complexity index is 1720. The van der Waals surface area contributed by atoms with Gasteiger partial charge in [-0.1, -0.05) is 12.8 Å². The van der Waals surface area contributed by atoms with Crippen molar-refractivity contribution in [2.45, 2.75) is 51.4 Å². The lowest BCUT2D eigenvalue weighted by Crippen LogP contribution is -2.37. The fourth-order valence-corrected chi connectivity index (χ4v) is 5.39. The molecular formula is C35H35FN2O7. The molecule has 10 heteroatoms. The lowest BCUT2D eigenvalue weighted by Gasteiger charge is -2.24. The van der Waals surface area contributed by atoms with Crippen molar-refractivity contribution in [3.05, 3.63) is 83.2 Å². The van der Waals surface area contributed by atoms with Crippen molar-refractivity contribution < 1.29 is 37.8 Å². The molecule has 1 saturated carbocycles. The van der Waals surface area contributed by atoms with Gasteiger partial charge in [0.1, 0.15) is 22.9 Å². The number of fused-ring (bicyclic) bond motifs is 1. The number of carbonyl (C=O) groups is 4. The van der Waals surface area contributed by atoms with Crippen LogP contribution in [0.5, 0.6) is 5.75 Å². The number of carboxylic acids is 1. The molecule has 1 aromatic heterocycles. The molecule has 0 bridgehead atoms. The molecule has 234 valence electrons. The number of Topliss-reactive ketones (excluding diaryl/α,β-unsaturated/α-hetero) is 1. The van der Waals surface area contributed by atoms with Crippen LogP contribution in [0, 0.1) is 5.82 Å². The first kappa shape index (κ1) is 31.4. The molecule has 0 spiro atoms. The first-order chi connectivity index (χ1) is 21.7. The van der Waals surface area contributed by atoms with Crippen LogP contribution in [0.2, 0.25) is 0 Å². The van der Waals surface area contributed by atoms with Gasteiger partial charge in [-0.05, 0) is 91.8 Å². The molecule has 45 heavy (non-hydrogen) atoms. The average Bonchev–Trinajstić information content (AvgIpc) is 3.82. The number of ketones is 1. The molecule has 1 aliphatic carbocycles. The maximum Gasteiger partial charge on any atom is 0.335 e. The maximum absolute atomic E-state index is 13.7. The van der Waals surface area contributed by atoms with Gasteiger partial charge in [0.2, 0.25) is 5.78 Å². The molecular weight excluding hydrogens is 579 g/mol. The standard InChI is InChI=1S/C35H35FN2O7/c1-21(39)34(41)38(17-5-3-4-6-18-44-26-15-11-24(12-16-26)35(42)43)29-20-30-28(19-27(29)22-7-8-22)31(33(40)37-2)32(45-30)23-9-13-25(36)14-10-23/h9-16,19-20,22H,3-8,17-18H2,1-2H3,(H,37,40)(H,42,43). The fraction of sp³-hybridized carbons (Fsp3) is 0.314. The van der Waals surface area contributed by atoms with Gasteiger partial charge in [0.15, 0.2) is 0 Å². The molecule has 3 aromatic carbocycles. The Morgan fingerprint density at radius 3 is 2.29 bits per heavy atom. The van der Waals surface area contributed by atoms with Crippen LogP contribution >= 0.6 is 0 Å². The molecule has 0 saturated heterocycles. The number of ether oxygens (including phenoxy) is 1. The second kappa shape index (κ2) is 13.8. The zero-order valence-electron chi connectivity index (χ0n) is 25.2. The van der Waals surface area contributed by atoms with Crippen LogP contribution in [0.25, 0.3) is 22.3 Å². The molecule has 0 atom stereocenters. The van der Waals surface area contributed by atoms with Crippen molar-refractivity contribution in [2.24, 2.45) is 0 Å². The number of halogens is 1. The molecule has 4 aromatic rings. The Morgan fingerprint density at radius 1 is 0.978 bits per heavy atom. The van der Waals surface area contributed by atoms with Crippen LogP contribution in [0.15, 0.2) is 65.1 Å². The number of hydrogen-bond acceptors (Lipinski definition) is 6. The Morgan fingerprint density at radius 2 is 1.67 bits per heavy atom. The summed E-state index contributed by atoms with van der Waals surface area (Å²) in [6.07, 6.45) is 4.90. The van der Waals surface area contributed by atoms with Gasteiger partial charge in [0, 0.05) is 37.5 Å². The summed E-state index contributed by atoms with van der Waals surface area (Å²) in [5, 5.41) is 12.3. The second-order valence-corrected chi connectivity index (χ2v) is 11.2. The van der Waals surface area contributed by atoms with Crippen LogP contribution in [0.1, 0.15) is 77.6 Å². The third-order valence-corrected chi connectivity index (χ3v) is 7.90. The number of unbranched alkanes of at least 4 members (excludes halogenated alkanes) is 3. The second-order valence-electron chi connectivity index (χ2n) is 11.2. The number of amides is 2. The number of nitrogens with one attached hydrogen (secondary N) is 1. The first-order valence-corrected chi connectivity index (χ1v) is 15.0. The van der Waals surface area contributed by atoms with E-state index in [1.807, 2.05) is 6.07 Å². The minimum Gasteiger partial charge on any atom is -0.494 e. The molecule has 0 unspecified atom stereocenters. The minimum atomic E-state index is -0.990. The number of nitrogens with zero attached hydrogens (tertiary/aromatic N) is 1. The van der Waals surface area contributed by atoms with Crippen LogP contribution in [0.4, 0.5) is 10.1 Å². The molecule has 1 fully saturated rings. The van der Waals surface area contributed by atoms with E-state index in [4.69, 9.17) is 14.3 Å². The van der Waals surface area contributed by atoms with E-state index in [1.165, 1.54) is 43.1 Å². The Labute approximate surface area is 260 Å². The Hall–Kier alpha value is -4.99. The number of carboxylic acid groups (broad SMARTS) is 1. The molecule has 2 amide bonds. The molecule has 2 N–H and O–H groups in total. The van der Waals surface area contributed by atoms with Crippen molar-refractivity contribution in [3.8, 4) is 17.1 Å². The summed E-state index contributed by atoms with van der Waals surface area (Å²) in [6.45, 7) is 2.05. The van der Waals surface area contributed by atoms with Crippen molar-refractivity contribution >= 4 is 40.2 Å². The summed E-state index contributed by atoms with van der Waals surface area (Å²) in [7, 11) is 1.53.